The van der Waals surface area contributed by atoms with Gasteiger partial charge in [0.2, 0.25) is 11.5 Å². The summed E-state index contributed by atoms with van der Waals surface area (Å²) in [4.78, 5) is 0. The van der Waals surface area contributed by atoms with E-state index in [0.717, 1.165) is 51.4 Å². The third-order valence-electron chi connectivity index (χ3n) is 6.98. The van der Waals surface area contributed by atoms with Crippen LogP contribution in [0.1, 0.15) is 104 Å². The average Bonchev–Trinajstić information content (AvgIpc) is 2.85. The van der Waals surface area contributed by atoms with Crippen LogP contribution in [0.3, 0.4) is 0 Å². The van der Waals surface area contributed by atoms with Crippen molar-refractivity contribution in [2.24, 2.45) is 0 Å². The second-order valence-corrected chi connectivity index (χ2v) is 10.7. The first kappa shape index (κ1) is 33.1. The lowest BCUT2D eigenvalue weighted by atomic mass is 9.99. The van der Waals surface area contributed by atoms with Gasteiger partial charge in [-0.25, -0.2) is 0 Å². The lowest BCUT2D eigenvalue weighted by molar-refractivity contribution is 0.314. The van der Waals surface area contributed by atoms with E-state index in [1.165, 1.54) is 42.1 Å². The molecule has 212 valence electrons. The Balaban J connectivity index is 2.51. The number of hydrogen-bond acceptors (Lipinski definition) is 4. The van der Waals surface area contributed by atoms with Crippen molar-refractivity contribution < 1.29 is 19.7 Å². The number of hydrogen-bond donors (Lipinski definition) is 2. The van der Waals surface area contributed by atoms with Crippen LogP contribution < -0.4 is 9.47 Å². The van der Waals surface area contributed by atoms with Crippen LogP contribution in [0, 0.1) is 6.92 Å². The van der Waals surface area contributed by atoms with Crippen molar-refractivity contribution in [3.8, 4) is 23.0 Å². The fourth-order valence-corrected chi connectivity index (χ4v) is 4.38. The van der Waals surface area contributed by atoms with Crippen molar-refractivity contribution in [3.05, 3.63) is 69.4 Å². The first-order chi connectivity index (χ1) is 18.0. The first-order valence-corrected chi connectivity index (χ1v) is 13.9. The van der Waals surface area contributed by atoms with E-state index in [2.05, 4.69) is 71.9 Å². The zero-order valence-corrected chi connectivity index (χ0v) is 25.5. The number of methoxy groups -OCH3 is 2. The normalized spacial score (nSPS) is 13.1. The van der Waals surface area contributed by atoms with E-state index in [9.17, 15) is 10.2 Å². The van der Waals surface area contributed by atoms with Crippen LogP contribution in [-0.4, -0.2) is 24.4 Å². The summed E-state index contributed by atoms with van der Waals surface area (Å²) in [7, 11) is 2.90. The third-order valence-corrected chi connectivity index (χ3v) is 6.98. The van der Waals surface area contributed by atoms with Gasteiger partial charge in [0.25, 0.3) is 0 Å². The lowest BCUT2D eigenvalue weighted by Crippen LogP contribution is -1.98. The van der Waals surface area contributed by atoms with Crippen LogP contribution in [-0.2, 0) is 6.42 Å². The topological polar surface area (TPSA) is 58.9 Å². The zero-order chi connectivity index (χ0) is 28.7. The molecule has 0 saturated heterocycles. The number of benzene rings is 1. The molecule has 0 atom stereocenters. The molecule has 0 amide bonds. The molecule has 1 aromatic rings. The van der Waals surface area contributed by atoms with Gasteiger partial charge in [-0.05, 0) is 106 Å². The maximum atomic E-state index is 10.6. The SMILES string of the molecule is COc1c(O)c(C)c(C/C=C(\C)CC/C=C(/C)CC/C=C(\C)CC/C=C(\C)CCC=C(C)C)c(O)c1OC. The Morgan fingerprint density at radius 2 is 0.947 bits per heavy atom. The second kappa shape index (κ2) is 17.6. The molecule has 4 heteroatoms. The standard InChI is InChI=1S/C34H52O4/c1-24(2)14-10-15-25(3)16-11-17-26(4)18-12-19-27(5)20-13-21-28(6)22-23-30-29(7)31(35)33(37-8)34(38-9)32(30)36/h14,16,18,20,22,35-36H,10-13,15,17,19,21,23H2,1-9H3/b25-16+,26-18+,27-20-,28-22+. The highest BCUT2D eigenvalue weighted by molar-refractivity contribution is 5.66. The Morgan fingerprint density at radius 3 is 1.34 bits per heavy atom. The molecule has 0 aromatic heterocycles. The van der Waals surface area contributed by atoms with Gasteiger partial charge in [0.1, 0.15) is 0 Å². The zero-order valence-electron chi connectivity index (χ0n) is 25.5. The molecule has 0 unspecified atom stereocenters. The van der Waals surface area contributed by atoms with E-state index >= 15 is 0 Å². The predicted molar refractivity (Wildman–Crippen MR) is 163 cm³/mol. The molecule has 0 heterocycles. The summed E-state index contributed by atoms with van der Waals surface area (Å²) in [5, 5.41) is 21.1. The molecule has 4 nitrogen and oxygen atoms in total. The second-order valence-electron chi connectivity index (χ2n) is 10.7. The van der Waals surface area contributed by atoms with Gasteiger partial charge in [-0.3, -0.25) is 0 Å². The van der Waals surface area contributed by atoms with E-state index in [1.807, 2.05) is 0 Å². The van der Waals surface area contributed by atoms with Gasteiger partial charge >= 0.3 is 0 Å². The molecule has 0 aliphatic carbocycles. The summed E-state index contributed by atoms with van der Waals surface area (Å²) in [6, 6.07) is 0. The molecule has 0 fully saturated rings. The molecular formula is C34H52O4. The van der Waals surface area contributed by atoms with Crippen molar-refractivity contribution in [2.45, 2.75) is 106 Å². The number of phenols is 2. The Kier molecular flexibility index (Phi) is 15.3. The van der Waals surface area contributed by atoms with Gasteiger partial charge in [0.15, 0.2) is 11.5 Å². The molecule has 0 aliphatic heterocycles. The highest BCUT2D eigenvalue weighted by atomic mass is 16.5. The predicted octanol–water partition coefficient (Wildman–Crippen LogP) is 9.84. The summed E-state index contributed by atoms with van der Waals surface area (Å²) < 4.78 is 10.5. The Bertz CT molecular complexity index is 1050. The van der Waals surface area contributed by atoms with Gasteiger partial charge in [0.05, 0.1) is 14.2 Å². The van der Waals surface area contributed by atoms with Crippen molar-refractivity contribution in [2.75, 3.05) is 14.2 Å². The molecule has 0 saturated carbocycles. The summed E-state index contributed by atoms with van der Waals surface area (Å²) in [6.07, 6.45) is 20.8. The summed E-state index contributed by atoms with van der Waals surface area (Å²) in [5.74, 6) is 0.359. The van der Waals surface area contributed by atoms with Crippen molar-refractivity contribution in [1.29, 1.82) is 0 Å². The van der Waals surface area contributed by atoms with Crippen LogP contribution >= 0.6 is 0 Å². The summed E-state index contributed by atoms with van der Waals surface area (Å²) >= 11 is 0. The fraction of sp³-hybridized carbons (Fsp3) is 0.529. The minimum Gasteiger partial charge on any atom is -0.504 e. The maximum Gasteiger partial charge on any atom is 0.207 e. The van der Waals surface area contributed by atoms with E-state index in [0.29, 0.717) is 17.5 Å². The Labute approximate surface area is 232 Å². The lowest BCUT2D eigenvalue weighted by Gasteiger charge is -2.17. The Hall–Kier alpha value is -2.88. The first-order valence-electron chi connectivity index (χ1n) is 13.9. The van der Waals surface area contributed by atoms with E-state index in [-0.39, 0.29) is 23.0 Å². The minimum atomic E-state index is 0.00718. The molecule has 0 aliphatic rings. The maximum absolute atomic E-state index is 10.6. The molecule has 38 heavy (non-hydrogen) atoms. The largest absolute Gasteiger partial charge is 0.504 e. The van der Waals surface area contributed by atoms with Crippen molar-refractivity contribution >= 4 is 0 Å². The number of rotatable bonds is 16. The van der Waals surface area contributed by atoms with E-state index < -0.39 is 0 Å². The number of ether oxygens (including phenoxy) is 2. The average molecular weight is 525 g/mol. The number of phenolic OH excluding ortho intramolecular Hbond substituents is 2. The summed E-state index contributed by atoms with van der Waals surface area (Å²) in [5.41, 5.74) is 8.31. The molecule has 1 aromatic carbocycles. The molecule has 1 rings (SSSR count). The van der Waals surface area contributed by atoms with Crippen LogP contribution in [0.25, 0.3) is 0 Å². The van der Waals surface area contributed by atoms with Gasteiger partial charge < -0.3 is 19.7 Å². The summed E-state index contributed by atoms with van der Waals surface area (Å²) in [6.45, 7) is 14.9. The van der Waals surface area contributed by atoms with Crippen LogP contribution in [0.2, 0.25) is 0 Å². The van der Waals surface area contributed by atoms with Crippen LogP contribution in [0.15, 0.2) is 58.2 Å². The molecular weight excluding hydrogens is 472 g/mol. The van der Waals surface area contributed by atoms with Gasteiger partial charge in [-0.15, -0.1) is 0 Å². The monoisotopic (exact) mass is 524 g/mol. The highest BCUT2D eigenvalue weighted by Gasteiger charge is 2.22. The van der Waals surface area contributed by atoms with E-state index in [1.54, 1.807) is 6.92 Å². The van der Waals surface area contributed by atoms with E-state index in [4.69, 9.17) is 9.47 Å². The molecule has 0 spiro atoms. The molecule has 2 N–H and O–H groups in total. The fourth-order valence-electron chi connectivity index (χ4n) is 4.38. The van der Waals surface area contributed by atoms with Crippen LogP contribution in [0.4, 0.5) is 0 Å². The van der Waals surface area contributed by atoms with Crippen LogP contribution in [0.5, 0.6) is 23.0 Å². The van der Waals surface area contributed by atoms with Gasteiger partial charge in [-0.1, -0.05) is 58.2 Å². The molecule has 0 bridgehead atoms. The third kappa shape index (κ3) is 11.7. The number of aromatic hydroxyl groups is 2. The quantitative estimate of drug-likeness (QED) is 0.167. The molecule has 0 radical (unpaired) electrons. The van der Waals surface area contributed by atoms with Gasteiger partial charge in [-0.2, -0.15) is 0 Å². The number of allylic oxidation sites excluding steroid dienone is 10. The van der Waals surface area contributed by atoms with Crippen molar-refractivity contribution in [1.82, 2.24) is 0 Å². The minimum absolute atomic E-state index is 0.00718. The van der Waals surface area contributed by atoms with Crippen molar-refractivity contribution in [3.63, 3.8) is 0 Å². The Morgan fingerprint density at radius 1 is 0.579 bits per heavy atom. The smallest absolute Gasteiger partial charge is 0.207 e. The highest BCUT2D eigenvalue weighted by Crippen LogP contribution is 2.48. The van der Waals surface area contributed by atoms with Gasteiger partial charge in [0, 0.05) is 11.1 Å².